The molecule has 0 unspecified atom stereocenters. The Hall–Kier alpha value is -2.51. The van der Waals surface area contributed by atoms with Crippen molar-refractivity contribution in [2.45, 2.75) is 6.54 Å². The lowest BCUT2D eigenvalue weighted by Gasteiger charge is -2.06. The van der Waals surface area contributed by atoms with Crippen LogP contribution in [-0.2, 0) is 6.54 Å². The van der Waals surface area contributed by atoms with Gasteiger partial charge in [0.2, 0.25) is 0 Å². The van der Waals surface area contributed by atoms with Crippen LogP contribution in [-0.4, -0.2) is 16.3 Å². The van der Waals surface area contributed by atoms with Crippen LogP contribution in [0.4, 0.5) is 5.69 Å². The molecule has 23 heavy (non-hydrogen) atoms. The van der Waals surface area contributed by atoms with Gasteiger partial charge in [-0.2, -0.15) is 5.10 Å². The maximum absolute atomic E-state index is 10.7. The molecule has 0 aromatic heterocycles. The molecule has 2 aromatic rings. The van der Waals surface area contributed by atoms with E-state index in [9.17, 15) is 10.1 Å². The highest BCUT2D eigenvalue weighted by Gasteiger charge is 2.08. The zero-order valence-electron chi connectivity index (χ0n) is 11.9. The van der Waals surface area contributed by atoms with E-state index in [2.05, 4.69) is 15.8 Å². The fourth-order valence-corrected chi connectivity index (χ4v) is 2.01. The summed E-state index contributed by atoms with van der Waals surface area (Å²) >= 11 is 11.1. The molecule has 8 heteroatoms. The number of nitrogens with zero attached hydrogens (tertiary/aromatic N) is 2. The third kappa shape index (κ3) is 5.32. The molecule has 0 fully saturated rings. The van der Waals surface area contributed by atoms with Crippen molar-refractivity contribution in [3.05, 3.63) is 74.8 Å². The quantitative estimate of drug-likeness (QED) is 0.375. The molecule has 2 rings (SSSR count). The van der Waals surface area contributed by atoms with Gasteiger partial charge >= 0.3 is 0 Å². The van der Waals surface area contributed by atoms with Crippen LogP contribution in [0.1, 0.15) is 11.1 Å². The fourth-order valence-electron chi connectivity index (χ4n) is 1.72. The summed E-state index contributed by atoms with van der Waals surface area (Å²) in [6.45, 7) is 0.569. The molecule has 0 heterocycles. The Balaban J connectivity index is 1.90. The first-order chi connectivity index (χ1) is 11.1. The van der Waals surface area contributed by atoms with E-state index in [1.807, 2.05) is 30.3 Å². The predicted molar refractivity (Wildman–Crippen MR) is 94.7 cm³/mol. The van der Waals surface area contributed by atoms with Crippen molar-refractivity contribution in [2.24, 2.45) is 5.10 Å². The Morgan fingerprint density at radius 2 is 2.04 bits per heavy atom. The van der Waals surface area contributed by atoms with Crippen LogP contribution >= 0.6 is 23.8 Å². The number of nitrogens with one attached hydrogen (secondary N) is 2. The van der Waals surface area contributed by atoms with Crippen molar-refractivity contribution >= 4 is 40.8 Å². The predicted octanol–water partition coefficient (Wildman–Crippen LogP) is 3.25. The standard InChI is InChI=1S/C15H13ClN4O2S/c16-14-7-6-13(20(21)22)8-12(14)10-18-19-15(23)17-9-11-4-2-1-3-5-11/h1-8,10H,9H2,(H2,17,19,23)/b18-10+. The van der Waals surface area contributed by atoms with Gasteiger partial charge in [-0.3, -0.25) is 15.5 Å². The molecule has 0 spiro atoms. The van der Waals surface area contributed by atoms with Gasteiger partial charge in [0.25, 0.3) is 5.69 Å². The minimum Gasteiger partial charge on any atom is -0.357 e. The zero-order chi connectivity index (χ0) is 16.7. The molecule has 0 aliphatic rings. The highest BCUT2D eigenvalue weighted by atomic mass is 35.5. The summed E-state index contributed by atoms with van der Waals surface area (Å²) in [7, 11) is 0. The van der Waals surface area contributed by atoms with Gasteiger partial charge in [0.05, 0.1) is 11.1 Å². The lowest BCUT2D eigenvalue weighted by Crippen LogP contribution is -2.31. The van der Waals surface area contributed by atoms with Crippen LogP contribution in [0.3, 0.4) is 0 Å². The van der Waals surface area contributed by atoms with Crippen molar-refractivity contribution in [1.29, 1.82) is 0 Å². The second kappa shape index (κ2) is 8.21. The lowest BCUT2D eigenvalue weighted by molar-refractivity contribution is -0.384. The molecule has 118 valence electrons. The summed E-state index contributed by atoms with van der Waals surface area (Å²) in [4.78, 5) is 10.2. The summed E-state index contributed by atoms with van der Waals surface area (Å²) in [6.07, 6.45) is 1.38. The number of rotatable bonds is 5. The number of thiocarbonyl (C=S) groups is 1. The van der Waals surface area contributed by atoms with E-state index in [4.69, 9.17) is 23.8 Å². The molecule has 6 nitrogen and oxygen atoms in total. The summed E-state index contributed by atoms with van der Waals surface area (Å²) in [5.41, 5.74) is 4.10. The molecule has 0 atom stereocenters. The number of hydrogen-bond donors (Lipinski definition) is 2. The number of hydrazone groups is 1. The Bertz CT molecular complexity index is 738. The van der Waals surface area contributed by atoms with E-state index in [0.29, 0.717) is 22.2 Å². The number of nitro benzene ring substituents is 1. The molecule has 0 saturated heterocycles. The minimum atomic E-state index is -0.493. The average Bonchev–Trinajstić information content (AvgIpc) is 2.55. The molecule has 0 bridgehead atoms. The first kappa shape index (κ1) is 16.9. The average molecular weight is 349 g/mol. The summed E-state index contributed by atoms with van der Waals surface area (Å²) in [6, 6.07) is 13.9. The summed E-state index contributed by atoms with van der Waals surface area (Å²) in [5.74, 6) is 0. The SMILES string of the molecule is O=[N+]([O-])c1ccc(Cl)c(/C=N/NC(=S)NCc2ccccc2)c1. The van der Waals surface area contributed by atoms with Crippen LogP contribution in [0, 0.1) is 10.1 Å². The summed E-state index contributed by atoms with van der Waals surface area (Å²) in [5, 5.41) is 18.4. The minimum absolute atomic E-state index is 0.0550. The molecule has 0 radical (unpaired) electrons. The van der Waals surface area contributed by atoms with Crippen LogP contribution in [0.2, 0.25) is 5.02 Å². The van der Waals surface area contributed by atoms with E-state index in [1.54, 1.807) is 0 Å². The lowest BCUT2D eigenvalue weighted by atomic mass is 10.2. The van der Waals surface area contributed by atoms with Crippen LogP contribution in [0.25, 0.3) is 0 Å². The number of benzene rings is 2. The van der Waals surface area contributed by atoms with E-state index in [1.165, 1.54) is 24.4 Å². The van der Waals surface area contributed by atoms with Gasteiger partial charge in [0.15, 0.2) is 5.11 Å². The first-order valence-electron chi connectivity index (χ1n) is 6.61. The second-order valence-corrected chi connectivity index (χ2v) is 5.32. The summed E-state index contributed by atoms with van der Waals surface area (Å²) < 4.78 is 0. The van der Waals surface area contributed by atoms with Gasteiger partial charge in [-0.05, 0) is 23.8 Å². The molecule has 0 saturated carbocycles. The second-order valence-electron chi connectivity index (χ2n) is 4.50. The monoisotopic (exact) mass is 348 g/mol. The van der Waals surface area contributed by atoms with Gasteiger partial charge in [0.1, 0.15) is 0 Å². The van der Waals surface area contributed by atoms with Crippen molar-refractivity contribution in [2.75, 3.05) is 0 Å². The van der Waals surface area contributed by atoms with Crippen LogP contribution < -0.4 is 10.7 Å². The van der Waals surface area contributed by atoms with E-state index in [-0.39, 0.29) is 5.69 Å². The van der Waals surface area contributed by atoms with Crippen molar-refractivity contribution < 1.29 is 4.92 Å². The van der Waals surface area contributed by atoms with Gasteiger partial charge < -0.3 is 5.32 Å². The van der Waals surface area contributed by atoms with E-state index in [0.717, 1.165) is 5.56 Å². The Morgan fingerprint density at radius 3 is 2.74 bits per heavy atom. The van der Waals surface area contributed by atoms with Crippen molar-refractivity contribution in [1.82, 2.24) is 10.7 Å². The van der Waals surface area contributed by atoms with Crippen molar-refractivity contribution in [3.8, 4) is 0 Å². The topological polar surface area (TPSA) is 79.6 Å². The fraction of sp³-hybridized carbons (Fsp3) is 0.0667. The number of non-ortho nitro benzene ring substituents is 1. The number of halogens is 1. The zero-order valence-corrected chi connectivity index (χ0v) is 13.5. The molecule has 2 aromatic carbocycles. The maximum atomic E-state index is 10.7. The third-order valence-electron chi connectivity index (χ3n) is 2.86. The Labute approximate surface area is 143 Å². The smallest absolute Gasteiger partial charge is 0.270 e. The highest BCUT2D eigenvalue weighted by molar-refractivity contribution is 7.80. The van der Waals surface area contributed by atoms with E-state index >= 15 is 0 Å². The Morgan fingerprint density at radius 1 is 1.30 bits per heavy atom. The first-order valence-corrected chi connectivity index (χ1v) is 7.39. The molecular weight excluding hydrogens is 336 g/mol. The van der Waals surface area contributed by atoms with Gasteiger partial charge in [0, 0.05) is 29.3 Å². The van der Waals surface area contributed by atoms with Crippen LogP contribution in [0.5, 0.6) is 0 Å². The Kier molecular flexibility index (Phi) is 6.02. The molecule has 0 aliphatic carbocycles. The van der Waals surface area contributed by atoms with Gasteiger partial charge in [-0.25, -0.2) is 0 Å². The number of hydrogen-bond acceptors (Lipinski definition) is 4. The van der Waals surface area contributed by atoms with E-state index < -0.39 is 4.92 Å². The largest absolute Gasteiger partial charge is 0.357 e. The van der Waals surface area contributed by atoms with Crippen LogP contribution in [0.15, 0.2) is 53.6 Å². The highest BCUT2D eigenvalue weighted by Crippen LogP contribution is 2.20. The molecule has 2 N–H and O–H groups in total. The van der Waals surface area contributed by atoms with Crippen molar-refractivity contribution in [3.63, 3.8) is 0 Å². The molecule has 0 amide bonds. The van der Waals surface area contributed by atoms with Gasteiger partial charge in [-0.15, -0.1) is 0 Å². The molecule has 0 aliphatic heterocycles. The molecular formula is C15H13ClN4O2S. The third-order valence-corrected chi connectivity index (χ3v) is 3.44. The maximum Gasteiger partial charge on any atom is 0.270 e. The van der Waals surface area contributed by atoms with Gasteiger partial charge in [-0.1, -0.05) is 41.9 Å². The normalized spacial score (nSPS) is 10.5. The number of nitro groups is 1.